The van der Waals surface area contributed by atoms with Gasteiger partial charge in [-0.1, -0.05) is 22.0 Å². The highest BCUT2D eigenvalue weighted by Gasteiger charge is 2.08. The van der Waals surface area contributed by atoms with E-state index in [9.17, 15) is 9.50 Å². The van der Waals surface area contributed by atoms with E-state index in [1.54, 1.807) is 44.2 Å². The third kappa shape index (κ3) is 3.33. The third-order valence-corrected chi connectivity index (χ3v) is 3.47. The molecule has 0 amide bonds. The van der Waals surface area contributed by atoms with E-state index in [0.29, 0.717) is 17.1 Å². The lowest BCUT2D eigenvalue weighted by Crippen LogP contribution is -1.93. The van der Waals surface area contributed by atoms with Crippen LogP contribution in [0.2, 0.25) is 0 Å². The Bertz CT molecular complexity index is 597. The summed E-state index contributed by atoms with van der Waals surface area (Å²) in [6, 6.07) is 9.95. The third-order valence-electron chi connectivity index (χ3n) is 2.79. The molecule has 2 nitrogen and oxygen atoms in total. The van der Waals surface area contributed by atoms with Crippen LogP contribution in [0.1, 0.15) is 24.2 Å². The molecule has 0 bridgehead atoms. The first kappa shape index (κ1) is 14.0. The van der Waals surface area contributed by atoms with Crippen LogP contribution in [0.25, 0.3) is 0 Å². The highest BCUT2D eigenvalue weighted by molar-refractivity contribution is 9.10. The fourth-order valence-electron chi connectivity index (χ4n) is 1.73. The number of hydrogen-bond acceptors (Lipinski definition) is 2. The summed E-state index contributed by atoms with van der Waals surface area (Å²) in [7, 11) is 0. The normalized spacial score (nSPS) is 12.3. The molecule has 0 aliphatic carbocycles. The Kier molecular flexibility index (Phi) is 4.22. The SMILES string of the molecule is Cc1cc(Oc2ccc([C@H](C)O)c(Br)c2)ccc1F. The van der Waals surface area contributed by atoms with Crippen molar-refractivity contribution < 1.29 is 14.2 Å². The Morgan fingerprint density at radius 2 is 1.79 bits per heavy atom. The quantitative estimate of drug-likeness (QED) is 0.883. The summed E-state index contributed by atoms with van der Waals surface area (Å²) in [6.45, 7) is 3.39. The molecule has 0 fully saturated rings. The highest BCUT2D eigenvalue weighted by atomic mass is 79.9. The van der Waals surface area contributed by atoms with Crippen molar-refractivity contribution in [2.45, 2.75) is 20.0 Å². The minimum Gasteiger partial charge on any atom is -0.457 e. The first-order valence-electron chi connectivity index (χ1n) is 5.89. The zero-order chi connectivity index (χ0) is 14.0. The number of aliphatic hydroxyl groups is 1. The molecule has 0 saturated carbocycles. The molecule has 2 rings (SSSR count). The second-order valence-electron chi connectivity index (χ2n) is 4.37. The lowest BCUT2D eigenvalue weighted by molar-refractivity contribution is 0.198. The molecule has 2 aromatic rings. The number of aliphatic hydroxyl groups excluding tert-OH is 1. The molecule has 1 atom stereocenters. The van der Waals surface area contributed by atoms with Gasteiger partial charge in [0.2, 0.25) is 0 Å². The molecule has 19 heavy (non-hydrogen) atoms. The maximum absolute atomic E-state index is 13.2. The molecule has 0 radical (unpaired) electrons. The summed E-state index contributed by atoms with van der Waals surface area (Å²) in [6.07, 6.45) is -0.545. The standard InChI is InChI=1S/C15H14BrFO2/c1-9-7-11(4-6-15(9)17)19-12-3-5-13(10(2)18)14(16)8-12/h3-8,10,18H,1-2H3/t10-/m0/s1. The predicted molar refractivity (Wildman–Crippen MR) is 76.0 cm³/mol. The van der Waals surface area contributed by atoms with Crippen LogP contribution in [0, 0.1) is 12.7 Å². The van der Waals surface area contributed by atoms with E-state index in [0.717, 1.165) is 10.0 Å². The minimum absolute atomic E-state index is 0.252. The van der Waals surface area contributed by atoms with Gasteiger partial charge in [0, 0.05) is 4.47 Å². The van der Waals surface area contributed by atoms with E-state index in [1.165, 1.54) is 6.07 Å². The zero-order valence-electron chi connectivity index (χ0n) is 10.7. The van der Waals surface area contributed by atoms with Crippen molar-refractivity contribution in [1.82, 2.24) is 0 Å². The molecule has 0 unspecified atom stereocenters. The Hall–Kier alpha value is -1.39. The summed E-state index contributed by atoms with van der Waals surface area (Å²) in [4.78, 5) is 0. The highest BCUT2D eigenvalue weighted by Crippen LogP contribution is 2.30. The van der Waals surface area contributed by atoms with Crippen LogP contribution in [0.4, 0.5) is 4.39 Å². The van der Waals surface area contributed by atoms with Gasteiger partial charge in [0.15, 0.2) is 0 Å². The van der Waals surface area contributed by atoms with Gasteiger partial charge >= 0.3 is 0 Å². The van der Waals surface area contributed by atoms with E-state index < -0.39 is 6.10 Å². The summed E-state index contributed by atoms with van der Waals surface area (Å²) < 4.78 is 19.6. The second kappa shape index (κ2) is 5.72. The number of hydrogen-bond donors (Lipinski definition) is 1. The molecule has 4 heteroatoms. The van der Waals surface area contributed by atoms with Crippen molar-refractivity contribution in [1.29, 1.82) is 0 Å². The first-order valence-corrected chi connectivity index (χ1v) is 6.68. The van der Waals surface area contributed by atoms with E-state index in [1.807, 2.05) is 0 Å². The van der Waals surface area contributed by atoms with Crippen LogP contribution < -0.4 is 4.74 Å². The largest absolute Gasteiger partial charge is 0.457 e. The monoisotopic (exact) mass is 324 g/mol. The zero-order valence-corrected chi connectivity index (χ0v) is 12.2. The molecular weight excluding hydrogens is 311 g/mol. The van der Waals surface area contributed by atoms with Gasteiger partial charge in [-0.15, -0.1) is 0 Å². The number of rotatable bonds is 3. The van der Waals surface area contributed by atoms with E-state index >= 15 is 0 Å². The molecule has 0 saturated heterocycles. The maximum atomic E-state index is 13.2. The van der Waals surface area contributed by atoms with Gasteiger partial charge in [-0.25, -0.2) is 4.39 Å². The van der Waals surface area contributed by atoms with Crippen LogP contribution in [0.3, 0.4) is 0 Å². The summed E-state index contributed by atoms with van der Waals surface area (Å²) in [5.74, 6) is 0.955. The van der Waals surface area contributed by atoms with Gasteiger partial charge in [-0.05, 0) is 55.3 Å². The number of halogens is 2. The number of aryl methyl sites for hydroxylation is 1. The molecule has 0 heterocycles. The smallest absolute Gasteiger partial charge is 0.128 e. The molecule has 100 valence electrons. The Labute approximate surface area is 120 Å². The number of ether oxygens (including phenoxy) is 1. The van der Waals surface area contributed by atoms with Gasteiger partial charge in [-0.2, -0.15) is 0 Å². The van der Waals surface area contributed by atoms with Crippen molar-refractivity contribution in [3.8, 4) is 11.5 Å². The van der Waals surface area contributed by atoms with Gasteiger partial charge < -0.3 is 9.84 Å². The molecule has 0 aliphatic rings. The average molecular weight is 325 g/mol. The number of benzene rings is 2. The van der Waals surface area contributed by atoms with E-state index in [-0.39, 0.29) is 5.82 Å². The van der Waals surface area contributed by atoms with Gasteiger partial charge in [0.1, 0.15) is 17.3 Å². The lowest BCUT2D eigenvalue weighted by Gasteiger charge is -2.11. The minimum atomic E-state index is -0.545. The second-order valence-corrected chi connectivity index (χ2v) is 5.23. The lowest BCUT2D eigenvalue weighted by atomic mass is 10.1. The molecule has 0 spiro atoms. The predicted octanol–water partition coefficient (Wildman–Crippen LogP) is 4.74. The van der Waals surface area contributed by atoms with E-state index in [4.69, 9.17) is 4.74 Å². The molecular formula is C15H14BrFO2. The summed E-state index contributed by atoms with van der Waals surface area (Å²) in [5.41, 5.74) is 1.33. The fourth-order valence-corrected chi connectivity index (χ4v) is 2.42. The maximum Gasteiger partial charge on any atom is 0.128 e. The Morgan fingerprint density at radius 1 is 1.16 bits per heavy atom. The van der Waals surface area contributed by atoms with Crippen LogP contribution in [0.5, 0.6) is 11.5 Å². The van der Waals surface area contributed by atoms with Crippen LogP contribution in [-0.2, 0) is 0 Å². The van der Waals surface area contributed by atoms with Crippen molar-refractivity contribution in [3.63, 3.8) is 0 Å². The average Bonchev–Trinajstić information content (AvgIpc) is 2.33. The van der Waals surface area contributed by atoms with Gasteiger partial charge in [-0.3, -0.25) is 0 Å². The van der Waals surface area contributed by atoms with Crippen LogP contribution >= 0.6 is 15.9 Å². The molecule has 0 aliphatic heterocycles. The van der Waals surface area contributed by atoms with Gasteiger partial charge in [0.25, 0.3) is 0 Å². The van der Waals surface area contributed by atoms with Crippen LogP contribution in [-0.4, -0.2) is 5.11 Å². The van der Waals surface area contributed by atoms with Crippen LogP contribution in [0.15, 0.2) is 40.9 Å². The van der Waals surface area contributed by atoms with Crippen molar-refractivity contribution in [2.24, 2.45) is 0 Å². The fraction of sp³-hybridized carbons (Fsp3) is 0.200. The molecule has 1 N–H and O–H groups in total. The summed E-state index contributed by atoms with van der Waals surface area (Å²) in [5, 5.41) is 9.54. The Morgan fingerprint density at radius 3 is 2.37 bits per heavy atom. The molecule has 2 aromatic carbocycles. The first-order chi connectivity index (χ1) is 8.97. The van der Waals surface area contributed by atoms with Crippen molar-refractivity contribution in [2.75, 3.05) is 0 Å². The van der Waals surface area contributed by atoms with Crippen molar-refractivity contribution in [3.05, 3.63) is 57.8 Å². The van der Waals surface area contributed by atoms with Crippen molar-refractivity contribution >= 4 is 15.9 Å². The molecule has 0 aromatic heterocycles. The topological polar surface area (TPSA) is 29.5 Å². The summed E-state index contributed by atoms with van der Waals surface area (Å²) >= 11 is 3.39. The van der Waals surface area contributed by atoms with Gasteiger partial charge in [0.05, 0.1) is 6.10 Å². The van der Waals surface area contributed by atoms with E-state index in [2.05, 4.69) is 15.9 Å². The Balaban J connectivity index is 2.24.